The van der Waals surface area contributed by atoms with Crippen LogP contribution in [0.2, 0.25) is 0 Å². The van der Waals surface area contributed by atoms with Gasteiger partial charge in [-0.05, 0) is 23.7 Å². The van der Waals surface area contributed by atoms with Crippen LogP contribution in [0.5, 0.6) is 5.75 Å². The number of hydrogen-bond acceptors (Lipinski definition) is 5. The number of nitrogens with zero attached hydrogens (tertiary/aromatic N) is 2. The molecule has 0 bridgehead atoms. The Morgan fingerprint density at radius 1 is 1.42 bits per heavy atom. The molecule has 1 amide bonds. The Hall–Kier alpha value is -2.16. The van der Waals surface area contributed by atoms with Gasteiger partial charge in [-0.25, -0.2) is 4.39 Å². The summed E-state index contributed by atoms with van der Waals surface area (Å²) in [6, 6.07) is 3.12. The fourth-order valence-corrected chi connectivity index (χ4v) is 1.64. The zero-order valence-corrected chi connectivity index (χ0v) is 9.96. The van der Waals surface area contributed by atoms with E-state index in [9.17, 15) is 18.0 Å². The summed E-state index contributed by atoms with van der Waals surface area (Å²) in [5.74, 6) is -2.11. The molecule has 0 fully saturated rings. The second-order valence-corrected chi connectivity index (χ2v) is 4.05. The summed E-state index contributed by atoms with van der Waals surface area (Å²) < 4.78 is 44.7. The maximum atomic E-state index is 13.4. The smallest absolute Gasteiger partial charge is 0.387 e. The van der Waals surface area contributed by atoms with Crippen molar-refractivity contribution in [3.63, 3.8) is 0 Å². The molecule has 0 unspecified atom stereocenters. The highest BCUT2D eigenvalue weighted by Gasteiger charge is 2.13. The molecular weight excluding hydrogens is 283 g/mol. The van der Waals surface area contributed by atoms with Gasteiger partial charge in [0.25, 0.3) is 5.91 Å². The van der Waals surface area contributed by atoms with E-state index in [1.165, 1.54) is 12.3 Å². The van der Waals surface area contributed by atoms with Gasteiger partial charge in [-0.15, -0.1) is 5.10 Å². The van der Waals surface area contributed by atoms with E-state index in [0.717, 1.165) is 23.7 Å². The molecule has 100 valence electrons. The first-order valence-electron chi connectivity index (χ1n) is 4.89. The van der Waals surface area contributed by atoms with Crippen LogP contribution in [-0.2, 0) is 0 Å². The number of amides is 1. The zero-order chi connectivity index (χ0) is 13.8. The fraction of sp³-hybridized carbons (Fsp3) is 0.100. The predicted molar refractivity (Wildman–Crippen MR) is 60.9 cm³/mol. The first-order valence-corrected chi connectivity index (χ1v) is 5.66. The number of carbonyl (C=O) groups is 1. The van der Waals surface area contributed by atoms with Gasteiger partial charge >= 0.3 is 6.61 Å². The minimum Gasteiger partial charge on any atom is -0.432 e. The van der Waals surface area contributed by atoms with Crippen molar-refractivity contribution in [2.75, 3.05) is 5.32 Å². The lowest BCUT2D eigenvalue weighted by Crippen LogP contribution is -2.11. The van der Waals surface area contributed by atoms with Crippen molar-refractivity contribution in [2.24, 2.45) is 0 Å². The quantitative estimate of drug-likeness (QED) is 0.939. The minimum absolute atomic E-state index is 0.109. The van der Waals surface area contributed by atoms with E-state index in [1.807, 2.05) is 0 Å². The number of carbonyl (C=O) groups excluding carboxylic acids is 1. The van der Waals surface area contributed by atoms with Crippen molar-refractivity contribution < 1.29 is 22.7 Å². The van der Waals surface area contributed by atoms with Crippen molar-refractivity contribution >= 4 is 23.1 Å². The number of ether oxygens (including phenoxy) is 1. The molecule has 0 radical (unpaired) electrons. The second kappa shape index (κ2) is 5.65. The van der Waals surface area contributed by atoms with Gasteiger partial charge in [-0.2, -0.15) is 8.78 Å². The van der Waals surface area contributed by atoms with E-state index in [-0.39, 0.29) is 10.6 Å². The normalized spacial score (nSPS) is 10.5. The molecule has 0 saturated carbocycles. The first kappa shape index (κ1) is 13.3. The molecule has 1 aromatic carbocycles. The Kier molecular flexibility index (Phi) is 3.95. The standard InChI is InChI=1S/C10H6F3N3O2S/c11-6-3-5(1-2-7(6)18-10(12)13)15-9(17)8-4-14-16-19-8/h1-4,10H,(H,15,17). The molecule has 1 N–H and O–H groups in total. The highest BCUT2D eigenvalue weighted by molar-refractivity contribution is 7.07. The van der Waals surface area contributed by atoms with Crippen LogP contribution in [0.3, 0.4) is 0 Å². The Balaban J connectivity index is 2.10. The SMILES string of the molecule is O=C(Nc1ccc(OC(F)F)c(F)c1)c1cnns1. The predicted octanol–water partition coefficient (Wildman–Crippen LogP) is 2.53. The number of rotatable bonds is 4. The first-order chi connectivity index (χ1) is 9.06. The molecule has 0 atom stereocenters. The van der Waals surface area contributed by atoms with Crippen molar-refractivity contribution in [3.05, 3.63) is 35.1 Å². The van der Waals surface area contributed by atoms with Gasteiger partial charge in [0.15, 0.2) is 11.6 Å². The van der Waals surface area contributed by atoms with Gasteiger partial charge in [0.05, 0.1) is 6.20 Å². The molecule has 5 nitrogen and oxygen atoms in total. The summed E-state index contributed by atoms with van der Waals surface area (Å²) in [6.45, 7) is -3.11. The summed E-state index contributed by atoms with van der Waals surface area (Å²) in [4.78, 5) is 11.8. The zero-order valence-electron chi connectivity index (χ0n) is 9.14. The Labute approximate surface area is 109 Å². The molecule has 2 rings (SSSR count). The van der Waals surface area contributed by atoms with Crippen molar-refractivity contribution in [1.82, 2.24) is 9.59 Å². The number of anilines is 1. The van der Waals surface area contributed by atoms with E-state index in [2.05, 4.69) is 19.6 Å². The number of alkyl halides is 2. The lowest BCUT2D eigenvalue weighted by Gasteiger charge is -2.08. The van der Waals surface area contributed by atoms with Gasteiger partial charge < -0.3 is 10.1 Å². The molecule has 2 aromatic rings. The van der Waals surface area contributed by atoms with Gasteiger partial charge in [-0.1, -0.05) is 4.49 Å². The molecular formula is C10H6F3N3O2S. The Morgan fingerprint density at radius 2 is 2.21 bits per heavy atom. The average molecular weight is 289 g/mol. The molecule has 0 spiro atoms. The number of nitrogens with one attached hydrogen (secondary N) is 1. The van der Waals surface area contributed by atoms with Crippen LogP contribution in [0.1, 0.15) is 9.67 Å². The largest absolute Gasteiger partial charge is 0.432 e. The van der Waals surface area contributed by atoms with Crippen LogP contribution in [0.25, 0.3) is 0 Å². The molecule has 1 heterocycles. The third kappa shape index (κ3) is 3.41. The molecule has 0 saturated heterocycles. The molecule has 19 heavy (non-hydrogen) atoms. The molecule has 0 aliphatic carbocycles. The van der Waals surface area contributed by atoms with E-state index in [4.69, 9.17) is 0 Å². The van der Waals surface area contributed by atoms with Crippen LogP contribution < -0.4 is 10.1 Å². The molecule has 0 aliphatic rings. The van der Waals surface area contributed by atoms with Crippen LogP contribution in [0.15, 0.2) is 24.4 Å². The molecule has 0 aliphatic heterocycles. The summed E-state index contributed by atoms with van der Waals surface area (Å²) in [6.07, 6.45) is 1.25. The highest BCUT2D eigenvalue weighted by Crippen LogP contribution is 2.23. The highest BCUT2D eigenvalue weighted by atomic mass is 32.1. The summed E-state index contributed by atoms with van der Waals surface area (Å²) in [5.41, 5.74) is 0.109. The van der Waals surface area contributed by atoms with E-state index in [1.54, 1.807) is 0 Å². The third-order valence-corrected chi connectivity index (χ3v) is 2.65. The average Bonchev–Trinajstić information content (AvgIpc) is 2.86. The summed E-state index contributed by atoms with van der Waals surface area (Å²) >= 11 is 0.875. The van der Waals surface area contributed by atoms with Gasteiger partial charge in [0.2, 0.25) is 0 Å². The maximum Gasteiger partial charge on any atom is 0.387 e. The van der Waals surface area contributed by atoms with Crippen molar-refractivity contribution in [2.45, 2.75) is 6.61 Å². The van der Waals surface area contributed by atoms with Gasteiger partial charge in [0, 0.05) is 11.8 Å². The van der Waals surface area contributed by atoms with Crippen LogP contribution >= 0.6 is 11.5 Å². The van der Waals surface area contributed by atoms with Gasteiger partial charge in [-0.3, -0.25) is 4.79 Å². The van der Waals surface area contributed by atoms with E-state index >= 15 is 0 Å². The number of aromatic nitrogens is 2. The maximum absolute atomic E-state index is 13.4. The molecule has 1 aromatic heterocycles. The number of halogens is 3. The topological polar surface area (TPSA) is 64.1 Å². The third-order valence-electron chi connectivity index (χ3n) is 1.99. The van der Waals surface area contributed by atoms with E-state index < -0.39 is 24.1 Å². The lowest BCUT2D eigenvalue weighted by atomic mass is 10.3. The van der Waals surface area contributed by atoms with Crippen LogP contribution in [0.4, 0.5) is 18.9 Å². The Bertz CT molecular complexity index is 577. The van der Waals surface area contributed by atoms with Crippen molar-refractivity contribution in [1.29, 1.82) is 0 Å². The van der Waals surface area contributed by atoms with E-state index in [0.29, 0.717) is 0 Å². The minimum atomic E-state index is -3.11. The van der Waals surface area contributed by atoms with Gasteiger partial charge in [0.1, 0.15) is 4.88 Å². The van der Waals surface area contributed by atoms with Crippen molar-refractivity contribution in [3.8, 4) is 5.75 Å². The molecule has 9 heteroatoms. The monoisotopic (exact) mass is 289 g/mol. The van der Waals surface area contributed by atoms with Crippen LogP contribution in [-0.4, -0.2) is 22.1 Å². The van der Waals surface area contributed by atoms with Crippen LogP contribution in [0, 0.1) is 5.82 Å². The second-order valence-electron chi connectivity index (χ2n) is 3.26. The number of hydrogen-bond donors (Lipinski definition) is 1. The summed E-state index contributed by atoms with van der Waals surface area (Å²) in [5, 5.41) is 5.85. The summed E-state index contributed by atoms with van der Waals surface area (Å²) in [7, 11) is 0. The fourth-order valence-electron chi connectivity index (χ4n) is 1.23. The number of benzene rings is 1. The Morgan fingerprint density at radius 3 is 2.79 bits per heavy atom. The lowest BCUT2D eigenvalue weighted by molar-refractivity contribution is -0.0521.